The summed E-state index contributed by atoms with van der Waals surface area (Å²) in [5.41, 5.74) is 0. The zero-order chi connectivity index (χ0) is 10.4. The van der Waals surface area contributed by atoms with Crippen LogP contribution in [0.5, 0.6) is 0 Å². The van der Waals surface area contributed by atoms with E-state index in [2.05, 4.69) is 24.1 Å². The van der Waals surface area contributed by atoms with Gasteiger partial charge in [0.25, 0.3) is 0 Å². The molecule has 0 amide bonds. The van der Waals surface area contributed by atoms with Crippen LogP contribution in [-0.2, 0) is 0 Å². The molecule has 2 atom stereocenters. The van der Waals surface area contributed by atoms with Crippen molar-refractivity contribution in [3.63, 3.8) is 0 Å². The van der Waals surface area contributed by atoms with E-state index in [1.165, 1.54) is 25.8 Å². The Morgan fingerprint density at radius 3 is 2.93 bits per heavy atom. The molecular weight excluding hydrogens is 176 g/mol. The quantitative estimate of drug-likeness (QED) is 0.667. The highest BCUT2D eigenvalue weighted by molar-refractivity contribution is 4.80. The van der Waals surface area contributed by atoms with Gasteiger partial charge >= 0.3 is 0 Å². The van der Waals surface area contributed by atoms with Crippen LogP contribution in [-0.4, -0.2) is 48.3 Å². The van der Waals surface area contributed by atoms with E-state index in [0.29, 0.717) is 6.04 Å². The van der Waals surface area contributed by atoms with Crippen molar-refractivity contribution in [2.75, 3.05) is 26.2 Å². The summed E-state index contributed by atoms with van der Waals surface area (Å²) in [4.78, 5) is 2.43. The fourth-order valence-electron chi connectivity index (χ4n) is 2.24. The molecule has 1 aliphatic rings. The lowest BCUT2D eigenvalue weighted by Crippen LogP contribution is -2.40. The first-order valence-corrected chi connectivity index (χ1v) is 5.90. The Balaban J connectivity index is 2.21. The van der Waals surface area contributed by atoms with Crippen molar-refractivity contribution in [1.29, 1.82) is 0 Å². The lowest BCUT2D eigenvalue weighted by Gasteiger charge is -2.25. The van der Waals surface area contributed by atoms with Crippen LogP contribution >= 0.6 is 0 Å². The topological polar surface area (TPSA) is 35.5 Å². The number of aliphatic hydroxyl groups is 1. The number of aliphatic hydroxyl groups excluding tert-OH is 1. The normalized spacial score (nSPS) is 25.5. The molecule has 1 heterocycles. The van der Waals surface area contributed by atoms with Crippen LogP contribution in [0.1, 0.15) is 33.1 Å². The second-order valence-corrected chi connectivity index (χ2v) is 4.16. The standard InChI is InChI=1S/C11H24N2O/c1-3-10-6-5-7-13(10)9-11(14)8-12-4-2/h10-12,14H,3-9H2,1-2H3. The minimum atomic E-state index is -0.206. The summed E-state index contributed by atoms with van der Waals surface area (Å²) in [5.74, 6) is 0. The Kier molecular flexibility index (Phi) is 5.45. The zero-order valence-corrected chi connectivity index (χ0v) is 9.50. The maximum absolute atomic E-state index is 9.75. The summed E-state index contributed by atoms with van der Waals surface area (Å²) < 4.78 is 0. The third-order valence-electron chi connectivity index (χ3n) is 3.05. The summed E-state index contributed by atoms with van der Waals surface area (Å²) >= 11 is 0. The maximum atomic E-state index is 9.75. The van der Waals surface area contributed by atoms with E-state index in [-0.39, 0.29) is 6.10 Å². The predicted octanol–water partition coefficient (Wildman–Crippen LogP) is 0.831. The van der Waals surface area contributed by atoms with E-state index in [4.69, 9.17) is 0 Å². The number of likely N-dealkylation sites (tertiary alicyclic amines) is 1. The van der Waals surface area contributed by atoms with Gasteiger partial charge in [-0.15, -0.1) is 0 Å². The van der Waals surface area contributed by atoms with Crippen molar-refractivity contribution in [1.82, 2.24) is 10.2 Å². The first-order chi connectivity index (χ1) is 6.77. The summed E-state index contributed by atoms with van der Waals surface area (Å²) in [5, 5.41) is 12.9. The molecule has 3 heteroatoms. The number of β-amino-alcohol motifs (C(OH)–C–C–N with tert-alkyl or cyclic N) is 1. The van der Waals surface area contributed by atoms with E-state index in [0.717, 1.165) is 19.6 Å². The zero-order valence-electron chi connectivity index (χ0n) is 9.50. The molecule has 3 nitrogen and oxygen atoms in total. The van der Waals surface area contributed by atoms with Crippen molar-refractivity contribution in [3.05, 3.63) is 0 Å². The molecule has 1 fully saturated rings. The van der Waals surface area contributed by atoms with Crippen LogP contribution in [0.2, 0.25) is 0 Å². The average Bonchev–Trinajstić information content (AvgIpc) is 2.62. The maximum Gasteiger partial charge on any atom is 0.0791 e. The second kappa shape index (κ2) is 6.38. The van der Waals surface area contributed by atoms with Gasteiger partial charge in [0.1, 0.15) is 0 Å². The number of likely N-dealkylation sites (N-methyl/N-ethyl adjacent to an activating group) is 1. The molecule has 0 radical (unpaired) electrons. The molecule has 2 N–H and O–H groups in total. The Hall–Kier alpha value is -0.120. The fourth-order valence-corrected chi connectivity index (χ4v) is 2.24. The highest BCUT2D eigenvalue weighted by Crippen LogP contribution is 2.19. The Labute approximate surface area is 87.5 Å². The van der Waals surface area contributed by atoms with Crippen LogP contribution in [0.3, 0.4) is 0 Å². The minimum absolute atomic E-state index is 0.206. The fraction of sp³-hybridized carbons (Fsp3) is 1.00. The van der Waals surface area contributed by atoms with E-state index >= 15 is 0 Å². The van der Waals surface area contributed by atoms with Crippen molar-refractivity contribution in [2.24, 2.45) is 0 Å². The molecule has 0 aliphatic carbocycles. The summed E-state index contributed by atoms with van der Waals surface area (Å²) in [7, 11) is 0. The molecule has 0 saturated carbocycles. The largest absolute Gasteiger partial charge is 0.390 e. The number of nitrogens with one attached hydrogen (secondary N) is 1. The molecule has 1 rings (SSSR count). The summed E-state index contributed by atoms with van der Waals surface area (Å²) in [6.45, 7) is 7.97. The predicted molar refractivity (Wildman–Crippen MR) is 59.4 cm³/mol. The summed E-state index contributed by atoms with van der Waals surface area (Å²) in [6, 6.07) is 0.714. The van der Waals surface area contributed by atoms with Crippen molar-refractivity contribution in [3.8, 4) is 0 Å². The molecular formula is C11H24N2O. The molecule has 0 spiro atoms. The molecule has 2 unspecified atom stereocenters. The Bertz CT molecular complexity index is 152. The van der Waals surface area contributed by atoms with Gasteiger partial charge in [0, 0.05) is 19.1 Å². The lowest BCUT2D eigenvalue weighted by molar-refractivity contribution is 0.104. The van der Waals surface area contributed by atoms with E-state index < -0.39 is 0 Å². The molecule has 0 aromatic carbocycles. The van der Waals surface area contributed by atoms with Gasteiger partial charge in [0.2, 0.25) is 0 Å². The van der Waals surface area contributed by atoms with Gasteiger partial charge in [-0.05, 0) is 32.4 Å². The number of nitrogens with zero attached hydrogens (tertiary/aromatic N) is 1. The summed E-state index contributed by atoms with van der Waals surface area (Å²) in [6.07, 6.45) is 3.62. The van der Waals surface area contributed by atoms with Gasteiger partial charge in [-0.3, -0.25) is 4.90 Å². The Morgan fingerprint density at radius 2 is 2.29 bits per heavy atom. The molecule has 14 heavy (non-hydrogen) atoms. The third-order valence-corrected chi connectivity index (χ3v) is 3.05. The number of rotatable bonds is 6. The van der Waals surface area contributed by atoms with Gasteiger partial charge in [0.05, 0.1) is 6.10 Å². The molecule has 1 saturated heterocycles. The van der Waals surface area contributed by atoms with Crippen LogP contribution in [0, 0.1) is 0 Å². The minimum Gasteiger partial charge on any atom is -0.390 e. The number of hydrogen-bond acceptors (Lipinski definition) is 3. The Morgan fingerprint density at radius 1 is 1.50 bits per heavy atom. The number of hydrogen-bond donors (Lipinski definition) is 2. The van der Waals surface area contributed by atoms with Crippen LogP contribution in [0.15, 0.2) is 0 Å². The monoisotopic (exact) mass is 200 g/mol. The molecule has 84 valence electrons. The van der Waals surface area contributed by atoms with Crippen LogP contribution in [0.4, 0.5) is 0 Å². The second-order valence-electron chi connectivity index (χ2n) is 4.16. The molecule has 0 aromatic heterocycles. The van der Waals surface area contributed by atoms with Crippen molar-refractivity contribution < 1.29 is 5.11 Å². The van der Waals surface area contributed by atoms with Crippen LogP contribution in [0.25, 0.3) is 0 Å². The van der Waals surface area contributed by atoms with Gasteiger partial charge in [-0.25, -0.2) is 0 Å². The van der Waals surface area contributed by atoms with E-state index in [1.807, 2.05) is 0 Å². The highest BCUT2D eigenvalue weighted by atomic mass is 16.3. The van der Waals surface area contributed by atoms with Crippen molar-refractivity contribution in [2.45, 2.75) is 45.3 Å². The lowest BCUT2D eigenvalue weighted by atomic mass is 10.1. The van der Waals surface area contributed by atoms with E-state index in [9.17, 15) is 5.11 Å². The highest BCUT2D eigenvalue weighted by Gasteiger charge is 2.24. The van der Waals surface area contributed by atoms with E-state index in [1.54, 1.807) is 0 Å². The van der Waals surface area contributed by atoms with Gasteiger partial charge in [-0.2, -0.15) is 0 Å². The SMILES string of the molecule is CCNCC(O)CN1CCCC1CC. The first-order valence-electron chi connectivity index (χ1n) is 5.90. The molecule has 0 aromatic rings. The average molecular weight is 200 g/mol. The van der Waals surface area contributed by atoms with Crippen molar-refractivity contribution >= 4 is 0 Å². The smallest absolute Gasteiger partial charge is 0.0791 e. The van der Waals surface area contributed by atoms with Gasteiger partial charge < -0.3 is 10.4 Å². The van der Waals surface area contributed by atoms with Gasteiger partial charge in [0.15, 0.2) is 0 Å². The van der Waals surface area contributed by atoms with Crippen LogP contribution < -0.4 is 5.32 Å². The first kappa shape index (κ1) is 12.0. The molecule has 1 aliphatic heterocycles. The third kappa shape index (κ3) is 3.56. The van der Waals surface area contributed by atoms with Gasteiger partial charge in [-0.1, -0.05) is 13.8 Å². The molecule has 0 bridgehead atoms.